The molecule has 15 heteroatoms. The Labute approximate surface area is 387 Å². The van der Waals surface area contributed by atoms with E-state index in [1.165, 1.54) is 20.3 Å². The van der Waals surface area contributed by atoms with E-state index in [0.29, 0.717) is 50.6 Å². The molecule has 2 heterocycles. The zero-order valence-electron chi connectivity index (χ0n) is 35.5. The van der Waals surface area contributed by atoms with Crippen molar-refractivity contribution in [3.8, 4) is 40.2 Å². The maximum absolute atomic E-state index is 14.7. The summed E-state index contributed by atoms with van der Waals surface area (Å²) in [5, 5.41) is 12.9. The molecule has 0 spiro atoms. The summed E-state index contributed by atoms with van der Waals surface area (Å²) in [6, 6.07) is 35.4. The van der Waals surface area contributed by atoms with Gasteiger partial charge in [0.1, 0.15) is 41.7 Å². The van der Waals surface area contributed by atoms with Gasteiger partial charge in [-0.05, 0) is 119 Å². The molecular weight excluding hydrogens is 890 g/mol. The number of methoxy groups -OCH3 is 2. The van der Waals surface area contributed by atoms with Crippen molar-refractivity contribution < 1.29 is 41.7 Å². The summed E-state index contributed by atoms with van der Waals surface area (Å²) >= 11 is 12.2. The Morgan fingerprint density at radius 1 is 0.846 bits per heavy atom. The number of fused-ring (bicyclic) bond motifs is 2. The predicted octanol–water partition coefficient (Wildman–Crippen LogP) is 8.96. The first-order valence-corrected chi connectivity index (χ1v) is 22.8. The maximum atomic E-state index is 14.7. The van der Waals surface area contributed by atoms with Crippen LogP contribution in [0.3, 0.4) is 0 Å². The van der Waals surface area contributed by atoms with Crippen molar-refractivity contribution in [1.82, 2.24) is 9.62 Å². The molecule has 1 amide bonds. The Balaban J connectivity index is 1.03. The fourth-order valence-electron chi connectivity index (χ4n) is 7.87. The van der Waals surface area contributed by atoms with E-state index in [1.54, 1.807) is 48.5 Å². The fourth-order valence-corrected chi connectivity index (χ4v) is 9.89. The first-order valence-electron chi connectivity index (χ1n) is 20.6. The molecule has 2 aliphatic heterocycles. The molecule has 2 aliphatic rings. The summed E-state index contributed by atoms with van der Waals surface area (Å²) in [7, 11) is -1.79. The highest BCUT2D eigenvalue weighted by Gasteiger charge is 2.43. The van der Waals surface area contributed by atoms with Gasteiger partial charge in [-0.3, -0.25) is 4.79 Å². The van der Waals surface area contributed by atoms with Crippen LogP contribution in [0.2, 0.25) is 10.0 Å². The predicted molar refractivity (Wildman–Crippen MR) is 245 cm³/mol. The normalized spacial score (nSPS) is 16.1. The molecule has 12 nitrogen and oxygen atoms in total. The van der Waals surface area contributed by atoms with E-state index in [4.69, 9.17) is 52.1 Å². The molecule has 0 radical (unpaired) electrons. The molecule has 6 aromatic carbocycles. The molecule has 6 aromatic rings. The highest BCUT2D eigenvalue weighted by atomic mass is 35.5. The van der Waals surface area contributed by atoms with Gasteiger partial charge in [0, 0.05) is 13.0 Å². The van der Waals surface area contributed by atoms with E-state index in [0.717, 1.165) is 37.7 Å². The number of nitrogens with one attached hydrogen (secondary N) is 1. The Bertz CT molecular complexity index is 2910. The van der Waals surface area contributed by atoms with Crippen molar-refractivity contribution in [1.29, 1.82) is 5.26 Å². The maximum Gasteiger partial charge on any atom is 0.328 e. The number of nitrogens with zero attached hydrogens (tertiary/aromatic N) is 2. The van der Waals surface area contributed by atoms with E-state index >= 15 is 0 Å². The number of amides is 1. The van der Waals surface area contributed by atoms with Crippen LogP contribution in [0.4, 0.5) is 0 Å². The van der Waals surface area contributed by atoms with E-state index in [2.05, 4.69) is 11.4 Å². The monoisotopic (exact) mass is 931 g/mol. The van der Waals surface area contributed by atoms with Gasteiger partial charge in [0.05, 0.1) is 35.9 Å². The standard InChI is InChI=1S/C50H43Cl2N3O9S/c1-30-4-19-48(46(20-30)60-2)65(58,59)55-27-38-25-45-44(63-29-47(64-45)36-14-16-39(17-15-36)62-28-33-9-18-40(51)41(52)21-33)24-37(38)23-43(55)49(56)54-42(50(57)61-3)22-31-5-10-34(11-6-31)35-12-7-32(26-53)8-13-35/h4-21,24-25,42-43,47H,22-23,27-29H2,1-3H3,(H,54,56)/t42?,43-,47+/m0/s1. The van der Waals surface area contributed by atoms with E-state index in [-0.39, 0.29) is 36.6 Å². The average molecular weight is 933 g/mol. The zero-order valence-corrected chi connectivity index (χ0v) is 37.9. The molecule has 1 unspecified atom stereocenters. The molecular formula is C50H43Cl2N3O9S. The van der Waals surface area contributed by atoms with Gasteiger partial charge < -0.3 is 29.0 Å². The summed E-state index contributed by atoms with van der Waals surface area (Å²) in [4.78, 5) is 27.7. The van der Waals surface area contributed by atoms with Gasteiger partial charge in [-0.2, -0.15) is 9.57 Å². The topological polar surface area (TPSA) is 153 Å². The zero-order chi connectivity index (χ0) is 45.8. The number of benzene rings is 6. The molecule has 8 rings (SSSR count). The summed E-state index contributed by atoms with van der Waals surface area (Å²) < 4.78 is 60.0. The van der Waals surface area contributed by atoms with E-state index < -0.39 is 40.1 Å². The molecule has 1 N–H and O–H groups in total. The van der Waals surface area contributed by atoms with Crippen LogP contribution in [-0.4, -0.2) is 57.5 Å². The number of aryl methyl sites for hydroxylation is 1. The molecule has 0 bridgehead atoms. The van der Waals surface area contributed by atoms with E-state index in [9.17, 15) is 18.0 Å². The lowest BCUT2D eigenvalue weighted by atomic mass is 9.93. The molecule has 0 aliphatic carbocycles. The van der Waals surface area contributed by atoms with Crippen molar-refractivity contribution >= 4 is 45.1 Å². The average Bonchev–Trinajstić information content (AvgIpc) is 3.32. The second kappa shape index (κ2) is 19.3. The SMILES string of the molecule is COC(=O)C(Cc1ccc(-c2ccc(C#N)cc2)cc1)NC(=O)[C@@H]1Cc2cc3c(cc2CN1S(=O)(=O)c1ccc(C)cc1OC)O[C@@H](c1ccc(OCc2ccc(Cl)c(Cl)c2)cc1)CO3. The van der Waals surface area contributed by atoms with Crippen molar-refractivity contribution in [2.24, 2.45) is 0 Å². The van der Waals surface area contributed by atoms with Crippen LogP contribution in [-0.2, 0) is 50.3 Å². The third kappa shape index (κ3) is 9.91. The minimum Gasteiger partial charge on any atom is -0.495 e. The lowest BCUT2D eigenvalue weighted by Gasteiger charge is -2.37. The first kappa shape index (κ1) is 45.0. The molecule has 0 aromatic heterocycles. The molecule has 0 fully saturated rings. The van der Waals surface area contributed by atoms with Crippen molar-refractivity contribution in [2.45, 2.75) is 56.0 Å². The highest BCUT2D eigenvalue weighted by Crippen LogP contribution is 2.42. The number of carbonyl (C=O) groups excluding carboxylic acids is 2. The van der Waals surface area contributed by atoms with Crippen LogP contribution in [0.25, 0.3) is 11.1 Å². The van der Waals surface area contributed by atoms with Gasteiger partial charge >= 0.3 is 5.97 Å². The smallest absolute Gasteiger partial charge is 0.328 e. The third-order valence-corrected chi connectivity index (χ3v) is 14.0. The van der Waals surface area contributed by atoms with Crippen molar-refractivity contribution in [3.63, 3.8) is 0 Å². The molecule has 3 atom stereocenters. The van der Waals surface area contributed by atoms with Crippen LogP contribution < -0.4 is 24.3 Å². The quantitative estimate of drug-likeness (QED) is 0.111. The third-order valence-electron chi connectivity index (χ3n) is 11.4. The van der Waals surface area contributed by atoms with Gasteiger partial charge in [0.2, 0.25) is 15.9 Å². The number of hydrogen-bond donors (Lipinski definition) is 1. The minimum atomic E-state index is -4.40. The number of rotatable bonds is 13. The molecule has 0 saturated heterocycles. The molecule has 0 saturated carbocycles. The van der Waals surface area contributed by atoms with Crippen LogP contribution in [0, 0.1) is 18.3 Å². The summed E-state index contributed by atoms with van der Waals surface area (Å²) in [6.45, 7) is 2.12. The summed E-state index contributed by atoms with van der Waals surface area (Å²) in [6.07, 6.45) is -0.445. The number of sulfonamides is 1. The largest absolute Gasteiger partial charge is 0.495 e. The molecule has 65 heavy (non-hydrogen) atoms. The van der Waals surface area contributed by atoms with Gasteiger partial charge in [-0.15, -0.1) is 0 Å². The second-order valence-electron chi connectivity index (χ2n) is 15.7. The lowest BCUT2D eigenvalue weighted by molar-refractivity contribution is -0.145. The van der Waals surface area contributed by atoms with Gasteiger partial charge in [0.25, 0.3) is 0 Å². The Morgan fingerprint density at radius 2 is 1.54 bits per heavy atom. The van der Waals surface area contributed by atoms with Crippen LogP contribution in [0.15, 0.2) is 126 Å². The number of carbonyl (C=O) groups is 2. The fraction of sp³-hybridized carbons (Fsp3) is 0.220. The van der Waals surface area contributed by atoms with Crippen LogP contribution in [0.5, 0.6) is 23.0 Å². The van der Waals surface area contributed by atoms with Gasteiger partial charge in [0.15, 0.2) is 17.6 Å². The Morgan fingerprint density at radius 3 is 2.22 bits per heavy atom. The number of halogens is 2. The lowest BCUT2D eigenvalue weighted by Crippen LogP contribution is -2.56. The molecule has 332 valence electrons. The Kier molecular flexibility index (Phi) is 13.3. The van der Waals surface area contributed by atoms with Crippen molar-refractivity contribution in [2.75, 3.05) is 20.8 Å². The minimum absolute atomic E-state index is 0.0362. The number of ether oxygens (including phenoxy) is 5. The van der Waals surface area contributed by atoms with E-state index in [1.807, 2.05) is 73.7 Å². The summed E-state index contributed by atoms with van der Waals surface area (Å²) in [5.74, 6) is 0.263. The van der Waals surface area contributed by atoms with Gasteiger partial charge in [-0.1, -0.05) is 83.9 Å². The highest BCUT2D eigenvalue weighted by molar-refractivity contribution is 7.89. The number of esters is 1. The number of hydrogen-bond acceptors (Lipinski definition) is 10. The summed E-state index contributed by atoms with van der Waals surface area (Å²) in [5.41, 5.74) is 6.88. The Hall–Kier alpha value is -6.56. The first-order chi connectivity index (χ1) is 31.3. The van der Waals surface area contributed by atoms with Crippen LogP contribution >= 0.6 is 23.2 Å². The number of nitriles is 1. The van der Waals surface area contributed by atoms with Gasteiger partial charge in [-0.25, -0.2) is 13.2 Å². The second-order valence-corrected chi connectivity index (χ2v) is 18.4. The van der Waals surface area contributed by atoms with Crippen molar-refractivity contribution in [3.05, 3.63) is 170 Å². The van der Waals surface area contributed by atoms with Crippen LogP contribution in [0.1, 0.15) is 45.0 Å².